The van der Waals surface area contributed by atoms with Gasteiger partial charge in [-0.25, -0.2) is 0 Å². The molecule has 0 saturated heterocycles. The van der Waals surface area contributed by atoms with E-state index in [2.05, 4.69) is 55.6 Å². The molecule has 1 N–H and O–H groups in total. The van der Waals surface area contributed by atoms with Crippen molar-refractivity contribution in [2.75, 3.05) is 13.7 Å². The lowest BCUT2D eigenvalue weighted by molar-refractivity contribution is 0.414. The van der Waals surface area contributed by atoms with Gasteiger partial charge in [0.05, 0.1) is 7.11 Å². The highest BCUT2D eigenvalue weighted by molar-refractivity contribution is 5.32. The molecule has 1 atom stereocenters. The van der Waals surface area contributed by atoms with Crippen molar-refractivity contribution in [3.8, 4) is 5.75 Å². The predicted octanol–water partition coefficient (Wildman–Crippen LogP) is 4.29. The van der Waals surface area contributed by atoms with Gasteiger partial charge < -0.3 is 10.1 Å². The summed E-state index contributed by atoms with van der Waals surface area (Å²) in [5.74, 6) is 0.906. The van der Waals surface area contributed by atoms with E-state index >= 15 is 0 Å². The van der Waals surface area contributed by atoms with Crippen molar-refractivity contribution in [1.29, 1.82) is 0 Å². The third-order valence-corrected chi connectivity index (χ3v) is 3.84. The summed E-state index contributed by atoms with van der Waals surface area (Å²) in [5, 5.41) is 3.66. The summed E-state index contributed by atoms with van der Waals surface area (Å²) >= 11 is 0. The van der Waals surface area contributed by atoms with E-state index in [1.165, 1.54) is 16.7 Å². The van der Waals surface area contributed by atoms with Crippen molar-refractivity contribution >= 4 is 0 Å². The molecule has 0 saturated carbocycles. The predicted molar refractivity (Wildman–Crippen MR) is 88.9 cm³/mol. The first-order valence-electron chi connectivity index (χ1n) is 7.66. The second-order valence-corrected chi connectivity index (χ2v) is 5.41. The molecular formula is C19H25NO. The smallest absolute Gasteiger partial charge is 0.118 e. The van der Waals surface area contributed by atoms with Crippen LogP contribution in [0.2, 0.25) is 0 Å². The molecule has 21 heavy (non-hydrogen) atoms. The minimum atomic E-state index is 0.344. The molecule has 0 aliphatic rings. The quantitative estimate of drug-likeness (QED) is 0.818. The van der Waals surface area contributed by atoms with E-state index in [0.29, 0.717) is 6.04 Å². The molecule has 0 aliphatic carbocycles. The van der Waals surface area contributed by atoms with Gasteiger partial charge in [-0.2, -0.15) is 0 Å². The topological polar surface area (TPSA) is 21.3 Å². The van der Waals surface area contributed by atoms with Gasteiger partial charge in [-0.15, -0.1) is 0 Å². The monoisotopic (exact) mass is 283 g/mol. The average Bonchev–Trinajstić information content (AvgIpc) is 2.53. The fraction of sp³-hybridized carbons (Fsp3) is 0.368. The van der Waals surface area contributed by atoms with Gasteiger partial charge in [-0.05, 0) is 55.1 Å². The summed E-state index contributed by atoms with van der Waals surface area (Å²) in [6.45, 7) is 5.41. The number of aryl methyl sites for hydroxylation is 1. The van der Waals surface area contributed by atoms with Crippen molar-refractivity contribution in [2.45, 2.75) is 32.7 Å². The molecule has 0 aliphatic heterocycles. The zero-order valence-corrected chi connectivity index (χ0v) is 13.2. The average molecular weight is 283 g/mol. The highest BCUT2D eigenvalue weighted by Gasteiger charge is 2.12. The Labute approximate surface area is 128 Å². The lowest BCUT2D eigenvalue weighted by Gasteiger charge is -2.20. The Bertz CT molecular complexity index is 548. The van der Waals surface area contributed by atoms with Crippen LogP contribution in [-0.4, -0.2) is 13.7 Å². The summed E-state index contributed by atoms with van der Waals surface area (Å²) in [4.78, 5) is 0. The van der Waals surface area contributed by atoms with Crippen molar-refractivity contribution in [3.63, 3.8) is 0 Å². The summed E-state index contributed by atoms with van der Waals surface area (Å²) in [6.07, 6.45) is 2.15. The summed E-state index contributed by atoms with van der Waals surface area (Å²) in [7, 11) is 1.70. The first-order chi connectivity index (χ1) is 10.2. The van der Waals surface area contributed by atoms with E-state index in [1.54, 1.807) is 7.11 Å². The molecule has 2 nitrogen and oxygen atoms in total. The van der Waals surface area contributed by atoms with E-state index in [4.69, 9.17) is 4.74 Å². The second-order valence-electron chi connectivity index (χ2n) is 5.41. The van der Waals surface area contributed by atoms with Crippen molar-refractivity contribution in [1.82, 2.24) is 5.32 Å². The number of nitrogens with one attached hydrogen (secondary N) is 1. The van der Waals surface area contributed by atoms with Crippen LogP contribution in [0.15, 0.2) is 48.5 Å². The Morgan fingerprint density at radius 3 is 2.38 bits per heavy atom. The van der Waals surface area contributed by atoms with Crippen LogP contribution >= 0.6 is 0 Å². The number of rotatable bonds is 7. The van der Waals surface area contributed by atoms with E-state index in [0.717, 1.165) is 25.1 Å². The van der Waals surface area contributed by atoms with Crippen molar-refractivity contribution in [2.24, 2.45) is 0 Å². The third kappa shape index (κ3) is 4.33. The highest BCUT2D eigenvalue weighted by Crippen LogP contribution is 2.22. The van der Waals surface area contributed by atoms with Crippen LogP contribution in [0.25, 0.3) is 0 Å². The maximum Gasteiger partial charge on any atom is 0.118 e. The largest absolute Gasteiger partial charge is 0.497 e. The number of hydrogen-bond acceptors (Lipinski definition) is 2. The molecule has 0 bridgehead atoms. The molecule has 0 fully saturated rings. The third-order valence-electron chi connectivity index (χ3n) is 3.84. The molecule has 2 aromatic rings. The number of ether oxygens (including phenoxy) is 1. The normalized spacial score (nSPS) is 12.1. The van der Waals surface area contributed by atoms with Gasteiger partial charge in [0.1, 0.15) is 5.75 Å². The zero-order valence-electron chi connectivity index (χ0n) is 13.2. The van der Waals surface area contributed by atoms with Crippen LogP contribution in [0, 0.1) is 6.92 Å². The Balaban J connectivity index is 2.18. The maximum atomic E-state index is 5.25. The summed E-state index contributed by atoms with van der Waals surface area (Å²) in [5.41, 5.74) is 4.07. The van der Waals surface area contributed by atoms with E-state index in [1.807, 2.05) is 12.1 Å². The van der Waals surface area contributed by atoms with Crippen LogP contribution < -0.4 is 10.1 Å². The molecule has 2 aromatic carbocycles. The summed E-state index contributed by atoms with van der Waals surface area (Å²) < 4.78 is 5.25. The van der Waals surface area contributed by atoms with Crippen molar-refractivity contribution in [3.05, 3.63) is 65.2 Å². The number of methoxy groups -OCH3 is 1. The second kappa shape index (κ2) is 7.84. The molecule has 112 valence electrons. The molecule has 1 unspecified atom stereocenters. The Morgan fingerprint density at radius 1 is 1.05 bits per heavy atom. The number of hydrogen-bond donors (Lipinski definition) is 1. The lowest BCUT2D eigenvalue weighted by Crippen LogP contribution is -2.24. The van der Waals surface area contributed by atoms with Gasteiger partial charge in [-0.1, -0.05) is 43.3 Å². The Hall–Kier alpha value is -1.80. The fourth-order valence-corrected chi connectivity index (χ4v) is 2.52. The van der Waals surface area contributed by atoms with Crippen LogP contribution in [0.3, 0.4) is 0 Å². The highest BCUT2D eigenvalue weighted by atomic mass is 16.5. The van der Waals surface area contributed by atoms with Gasteiger partial charge in [0.15, 0.2) is 0 Å². The Morgan fingerprint density at radius 2 is 1.76 bits per heavy atom. The van der Waals surface area contributed by atoms with Gasteiger partial charge in [-0.3, -0.25) is 0 Å². The maximum absolute atomic E-state index is 5.25. The van der Waals surface area contributed by atoms with Gasteiger partial charge in [0, 0.05) is 6.04 Å². The molecule has 2 rings (SSSR count). The first-order valence-corrected chi connectivity index (χ1v) is 7.66. The molecule has 0 heterocycles. The molecule has 0 radical (unpaired) electrons. The van der Waals surface area contributed by atoms with E-state index in [-0.39, 0.29) is 0 Å². The number of benzene rings is 2. The van der Waals surface area contributed by atoms with E-state index in [9.17, 15) is 0 Å². The minimum absolute atomic E-state index is 0.344. The first kappa shape index (κ1) is 15.6. The van der Waals surface area contributed by atoms with Crippen LogP contribution in [0.4, 0.5) is 0 Å². The molecular weight excluding hydrogens is 258 g/mol. The standard InChI is InChI=1S/C19H25NO/c1-4-13-20-19(14-17-8-6-5-7-15(17)2)16-9-11-18(21-3)12-10-16/h5-12,19-20H,4,13-14H2,1-3H3. The lowest BCUT2D eigenvalue weighted by atomic mass is 9.96. The van der Waals surface area contributed by atoms with Crippen LogP contribution in [-0.2, 0) is 6.42 Å². The zero-order chi connectivity index (χ0) is 15.1. The van der Waals surface area contributed by atoms with Crippen LogP contribution in [0.1, 0.15) is 36.1 Å². The molecule has 0 aromatic heterocycles. The van der Waals surface area contributed by atoms with Gasteiger partial charge >= 0.3 is 0 Å². The van der Waals surface area contributed by atoms with Gasteiger partial charge in [0.25, 0.3) is 0 Å². The molecule has 0 spiro atoms. The Kier molecular flexibility index (Phi) is 5.82. The van der Waals surface area contributed by atoms with Crippen LogP contribution in [0.5, 0.6) is 5.75 Å². The summed E-state index contributed by atoms with van der Waals surface area (Å²) in [6, 6.07) is 17.3. The SMILES string of the molecule is CCCNC(Cc1ccccc1C)c1ccc(OC)cc1. The minimum Gasteiger partial charge on any atom is -0.497 e. The molecule has 0 amide bonds. The van der Waals surface area contributed by atoms with Crippen molar-refractivity contribution < 1.29 is 4.74 Å². The van der Waals surface area contributed by atoms with E-state index < -0.39 is 0 Å². The molecule has 2 heteroatoms. The van der Waals surface area contributed by atoms with Gasteiger partial charge in [0.2, 0.25) is 0 Å². The fourth-order valence-electron chi connectivity index (χ4n) is 2.52.